The van der Waals surface area contributed by atoms with Gasteiger partial charge in [0, 0.05) is 68.5 Å². The smallest absolute Gasteiger partial charge is 0.230 e. The molecule has 1 N–H and O–H groups in total. The summed E-state index contributed by atoms with van der Waals surface area (Å²) >= 11 is 1.27. The second-order valence-corrected chi connectivity index (χ2v) is 10.9. The number of amides is 1. The zero-order valence-electron chi connectivity index (χ0n) is 23.2. The van der Waals surface area contributed by atoms with Crippen molar-refractivity contribution in [1.29, 1.82) is 5.26 Å². The van der Waals surface area contributed by atoms with Crippen molar-refractivity contribution in [3.63, 3.8) is 0 Å². The van der Waals surface area contributed by atoms with Crippen LogP contribution in [-0.2, 0) is 17.6 Å². The summed E-state index contributed by atoms with van der Waals surface area (Å²) in [6.07, 6.45) is 6.33. The molecule has 5 heterocycles. The van der Waals surface area contributed by atoms with Crippen molar-refractivity contribution in [3.05, 3.63) is 77.2 Å². The average Bonchev–Trinajstić information content (AvgIpc) is 3.63. The molecular weight excluding hydrogens is 553 g/mol. The lowest BCUT2D eigenvalue weighted by atomic mass is 10.1. The molecule has 4 aromatic heterocycles. The van der Waals surface area contributed by atoms with Crippen LogP contribution in [0.4, 0.5) is 15.3 Å². The highest BCUT2D eigenvalue weighted by Gasteiger charge is 2.22. The van der Waals surface area contributed by atoms with Crippen molar-refractivity contribution in [2.45, 2.75) is 19.8 Å². The number of piperazine rings is 1. The predicted octanol–water partition coefficient (Wildman–Crippen LogP) is 4.23. The first-order valence-corrected chi connectivity index (χ1v) is 14.5. The Balaban J connectivity index is 1.30. The molecule has 12 heteroatoms. The van der Waals surface area contributed by atoms with Crippen LogP contribution in [0.5, 0.6) is 0 Å². The Morgan fingerprint density at radius 1 is 1.07 bits per heavy atom. The number of carbonyl (C=O) groups is 1. The number of thiazole rings is 1. The van der Waals surface area contributed by atoms with Crippen LogP contribution in [0.1, 0.15) is 23.3 Å². The minimum Gasteiger partial charge on any atom is -0.340 e. The van der Waals surface area contributed by atoms with Crippen LogP contribution in [-0.4, -0.2) is 68.4 Å². The Morgan fingerprint density at radius 2 is 1.79 bits per heavy atom. The molecule has 5 aromatic rings. The molecule has 0 unspecified atom stereocenters. The Labute approximate surface area is 246 Å². The largest absolute Gasteiger partial charge is 0.340 e. The number of halogens is 1. The number of rotatable bonds is 7. The standard InChI is InChI=1S/C30H28FN9OS/c1-3-23-29(38(2)30-37-28(24(15-32)42-30)19-4-7-22(31)8-5-19)40-18-20(6-9-26(40)36-23)21-16-34-25(35-17-21)14-27(41)39-12-10-33-11-13-39/h4-9,16-18,33H,3,10-14H2,1-2H3. The van der Waals surface area contributed by atoms with Gasteiger partial charge in [-0.2, -0.15) is 5.26 Å². The third kappa shape index (κ3) is 5.32. The van der Waals surface area contributed by atoms with E-state index in [4.69, 9.17) is 9.97 Å². The highest BCUT2D eigenvalue weighted by atomic mass is 32.1. The molecule has 1 fully saturated rings. The van der Waals surface area contributed by atoms with Crippen molar-refractivity contribution in [1.82, 2.24) is 34.6 Å². The molecule has 6 rings (SSSR count). The first-order valence-electron chi connectivity index (χ1n) is 13.7. The van der Waals surface area contributed by atoms with Crippen LogP contribution in [0.2, 0.25) is 0 Å². The highest BCUT2D eigenvalue weighted by Crippen LogP contribution is 2.37. The van der Waals surface area contributed by atoms with Gasteiger partial charge in [0.1, 0.15) is 39.7 Å². The van der Waals surface area contributed by atoms with E-state index in [1.54, 1.807) is 24.5 Å². The molecule has 1 amide bonds. The molecule has 0 spiro atoms. The summed E-state index contributed by atoms with van der Waals surface area (Å²) in [7, 11) is 1.90. The van der Waals surface area contributed by atoms with Crippen molar-refractivity contribution < 1.29 is 9.18 Å². The van der Waals surface area contributed by atoms with Gasteiger partial charge in [0.15, 0.2) is 5.13 Å². The molecule has 0 saturated carbocycles. The minimum absolute atomic E-state index is 0.0354. The lowest BCUT2D eigenvalue weighted by molar-refractivity contribution is -0.131. The molecule has 0 aliphatic carbocycles. The van der Waals surface area contributed by atoms with Crippen LogP contribution in [0, 0.1) is 17.1 Å². The van der Waals surface area contributed by atoms with Gasteiger partial charge in [-0.3, -0.25) is 9.20 Å². The summed E-state index contributed by atoms with van der Waals surface area (Å²) in [5.74, 6) is 1.02. The van der Waals surface area contributed by atoms with Crippen molar-refractivity contribution >= 4 is 33.8 Å². The summed E-state index contributed by atoms with van der Waals surface area (Å²) < 4.78 is 15.5. The van der Waals surface area contributed by atoms with Gasteiger partial charge < -0.3 is 15.1 Å². The number of benzene rings is 1. The van der Waals surface area contributed by atoms with Gasteiger partial charge in [-0.1, -0.05) is 18.3 Å². The summed E-state index contributed by atoms with van der Waals surface area (Å²) in [4.78, 5) is 35.4. The van der Waals surface area contributed by atoms with E-state index in [1.165, 1.54) is 23.5 Å². The van der Waals surface area contributed by atoms with E-state index in [9.17, 15) is 14.4 Å². The van der Waals surface area contributed by atoms with Crippen LogP contribution in [0.25, 0.3) is 28.0 Å². The van der Waals surface area contributed by atoms with E-state index < -0.39 is 0 Å². The zero-order valence-corrected chi connectivity index (χ0v) is 24.0. The number of hydrogen-bond donors (Lipinski definition) is 1. The molecule has 0 atom stereocenters. The molecule has 1 saturated heterocycles. The Hall–Kier alpha value is -4.73. The third-order valence-electron chi connectivity index (χ3n) is 7.26. The SMILES string of the molecule is CCc1nc2ccc(-c3cnc(CC(=O)N4CCNCC4)nc3)cn2c1N(C)c1nc(-c2ccc(F)cc2)c(C#N)s1. The average molecular weight is 582 g/mol. The first-order chi connectivity index (χ1) is 20.4. The number of fused-ring (bicyclic) bond motifs is 1. The number of aryl methyl sites for hydroxylation is 1. The molecule has 0 bridgehead atoms. The van der Waals surface area contributed by atoms with Crippen LogP contribution in [0.3, 0.4) is 0 Å². The monoisotopic (exact) mass is 581 g/mol. The van der Waals surface area contributed by atoms with Crippen molar-refractivity contribution in [2.24, 2.45) is 0 Å². The molecule has 42 heavy (non-hydrogen) atoms. The van der Waals surface area contributed by atoms with Crippen LogP contribution < -0.4 is 10.2 Å². The maximum Gasteiger partial charge on any atom is 0.230 e. The molecule has 1 aliphatic heterocycles. The fraction of sp³-hybridized carbons (Fsp3) is 0.267. The topological polar surface area (TPSA) is 115 Å². The molecule has 0 radical (unpaired) electrons. The summed E-state index contributed by atoms with van der Waals surface area (Å²) in [6.45, 7) is 5.05. The molecule has 1 aromatic carbocycles. The van der Waals surface area contributed by atoms with Gasteiger partial charge in [-0.25, -0.2) is 24.3 Å². The maximum atomic E-state index is 13.5. The number of nitrogens with one attached hydrogen (secondary N) is 1. The second-order valence-electron chi connectivity index (χ2n) is 9.93. The zero-order chi connectivity index (χ0) is 29.2. The molecule has 1 aliphatic rings. The quantitative estimate of drug-likeness (QED) is 0.304. The summed E-state index contributed by atoms with van der Waals surface area (Å²) in [5.41, 5.74) is 4.55. The number of anilines is 2. The van der Waals surface area contributed by atoms with Gasteiger partial charge >= 0.3 is 0 Å². The molecular formula is C30H28FN9OS. The maximum absolute atomic E-state index is 13.5. The number of nitriles is 1. The third-order valence-corrected chi connectivity index (χ3v) is 8.29. The number of pyridine rings is 1. The predicted molar refractivity (Wildman–Crippen MR) is 159 cm³/mol. The first kappa shape index (κ1) is 27.4. The second kappa shape index (κ2) is 11.6. The lowest BCUT2D eigenvalue weighted by Crippen LogP contribution is -2.47. The number of nitrogens with zero attached hydrogens (tertiary/aromatic N) is 8. The highest BCUT2D eigenvalue weighted by molar-refractivity contribution is 7.16. The Kier molecular flexibility index (Phi) is 7.60. The van der Waals surface area contributed by atoms with E-state index >= 15 is 0 Å². The van der Waals surface area contributed by atoms with Gasteiger partial charge in [0.25, 0.3) is 0 Å². The van der Waals surface area contributed by atoms with Crippen LogP contribution >= 0.6 is 11.3 Å². The lowest BCUT2D eigenvalue weighted by Gasteiger charge is -2.27. The number of imidazole rings is 1. The fourth-order valence-electron chi connectivity index (χ4n) is 5.02. The minimum atomic E-state index is -0.345. The van der Waals surface area contributed by atoms with E-state index in [0.29, 0.717) is 46.6 Å². The van der Waals surface area contributed by atoms with Gasteiger partial charge in [0.05, 0.1) is 12.1 Å². The fourth-order valence-corrected chi connectivity index (χ4v) is 5.87. The summed E-state index contributed by atoms with van der Waals surface area (Å²) in [5, 5.41) is 13.7. The van der Waals surface area contributed by atoms with E-state index in [1.807, 2.05) is 46.5 Å². The number of aromatic nitrogens is 5. The van der Waals surface area contributed by atoms with Gasteiger partial charge in [0.2, 0.25) is 5.91 Å². The number of hydrogen-bond acceptors (Lipinski definition) is 9. The van der Waals surface area contributed by atoms with E-state index in [2.05, 4.69) is 21.4 Å². The van der Waals surface area contributed by atoms with Crippen molar-refractivity contribution in [2.75, 3.05) is 38.1 Å². The number of carbonyl (C=O) groups excluding carboxylic acids is 1. The normalized spacial score (nSPS) is 13.3. The van der Waals surface area contributed by atoms with E-state index in [0.717, 1.165) is 41.4 Å². The summed E-state index contributed by atoms with van der Waals surface area (Å²) in [6, 6.07) is 12.1. The Morgan fingerprint density at radius 3 is 2.48 bits per heavy atom. The Bertz CT molecular complexity index is 1780. The van der Waals surface area contributed by atoms with Crippen LogP contribution in [0.15, 0.2) is 55.0 Å². The van der Waals surface area contributed by atoms with Gasteiger partial charge in [-0.05, 0) is 42.8 Å². The molecule has 10 nitrogen and oxygen atoms in total. The van der Waals surface area contributed by atoms with Crippen molar-refractivity contribution in [3.8, 4) is 28.5 Å². The van der Waals surface area contributed by atoms with E-state index in [-0.39, 0.29) is 18.1 Å². The van der Waals surface area contributed by atoms with Gasteiger partial charge in [-0.15, -0.1) is 0 Å². The molecule has 212 valence electrons.